The van der Waals surface area contributed by atoms with Crippen molar-refractivity contribution >= 4 is 46.7 Å². The molecule has 1 heterocycles. The van der Waals surface area contributed by atoms with E-state index in [1.54, 1.807) is 9.80 Å². The Morgan fingerprint density at radius 3 is 1.36 bits per heavy atom. The van der Waals surface area contributed by atoms with Gasteiger partial charge in [-0.05, 0) is 25.7 Å². The lowest BCUT2D eigenvalue weighted by Gasteiger charge is -2.26. The Morgan fingerprint density at radius 2 is 1.04 bits per heavy atom. The summed E-state index contributed by atoms with van der Waals surface area (Å²) in [6.07, 6.45) is 2.51. The second-order valence-corrected chi connectivity index (χ2v) is 8.32. The number of aliphatic hydroxyl groups is 4. The molecule has 0 saturated carbocycles. The third-order valence-corrected chi connectivity index (χ3v) is 4.35. The Hall–Kier alpha value is -0.680. The summed E-state index contributed by atoms with van der Waals surface area (Å²) in [5.41, 5.74) is 0. The van der Waals surface area contributed by atoms with E-state index >= 15 is 0 Å². The van der Waals surface area contributed by atoms with Crippen molar-refractivity contribution in [3.63, 3.8) is 0 Å². The van der Waals surface area contributed by atoms with Crippen LogP contribution in [0.4, 0.5) is 11.9 Å². The van der Waals surface area contributed by atoms with Gasteiger partial charge in [0.2, 0.25) is 15.7 Å². The molecule has 1 aromatic heterocycles. The van der Waals surface area contributed by atoms with Gasteiger partial charge in [0.15, 0.2) is 5.82 Å². The predicted molar refractivity (Wildman–Crippen MR) is 110 cm³/mol. The molecule has 0 fully saturated rings. The molecule has 12 heteroatoms. The topological polar surface area (TPSA) is 126 Å². The second-order valence-electron chi connectivity index (χ2n) is 6.04. The third kappa shape index (κ3) is 8.77. The van der Waals surface area contributed by atoms with E-state index in [0.29, 0.717) is 38.8 Å². The molecular formula is C16H28Cl3N5O4. The van der Waals surface area contributed by atoms with Gasteiger partial charge in [0.1, 0.15) is 0 Å². The van der Waals surface area contributed by atoms with E-state index in [9.17, 15) is 10.2 Å². The zero-order valence-electron chi connectivity index (χ0n) is 15.6. The molecule has 0 aliphatic carbocycles. The molecule has 0 bridgehead atoms. The van der Waals surface area contributed by atoms with Gasteiger partial charge in [0.25, 0.3) is 0 Å². The highest BCUT2D eigenvalue weighted by Crippen LogP contribution is 2.37. The zero-order chi connectivity index (χ0) is 21.0. The standard InChI is InChI=1S/C16H28Cl3N5O4/c17-16(18,19)13-20-14(23(7-11-27)5-1-3-9-25)22-15(21-13)24(8-12-28)6-2-4-10-26/h25-28H,1-12H2. The summed E-state index contributed by atoms with van der Waals surface area (Å²) in [7, 11) is 0. The highest BCUT2D eigenvalue weighted by molar-refractivity contribution is 6.66. The Balaban J connectivity index is 3.24. The summed E-state index contributed by atoms with van der Waals surface area (Å²) in [5, 5.41) is 36.8. The summed E-state index contributed by atoms with van der Waals surface area (Å²) < 4.78 is -1.88. The highest BCUT2D eigenvalue weighted by Gasteiger charge is 2.30. The number of hydrogen-bond acceptors (Lipinski definition) is 9. The van der Waals surface area contributed by atoms with E-state index in [2.05, 4.69) is 15.0 Å². The maximum Gasteiger partial charge on any atom is 0.250 e. The van der Waals surface area contributed by atoms with Gasteiger partial charge in [-0.1, -0.05) is 34.8 Å². The van der Waals surface area contributed by atoms with Crippen LogP contribution in [0.15, 0.2) is 0 Å². The van der Waals surface area contributed by atoms with Crippen LogP contribution in [0.3, 0.4) is 0 Å². The fourth-order valence-electron chi connectivity index (χ4n) is 2.46. The predicted octanol–water partition coefficient (Wildman–Crippen LogP) is 0.841. The van der Waals surface area contributed by atoms with Gasteiger partial charge in [-0.3, -0.25) is 0 Å². The number of unbranched alkanes of at least 4 members (excludes halogenated alkanes) is 2. The summed E-state index contributed by atoms with van der Waals surface area (Å²) in [4.78, 5) is 16.4. The summed E-state index contributed by atoms with van der Waals surface area (Å²) in [6, 6.07) is 0. The first-order valence-electron chi connectivity index (χ1n) is 9.14. The van der Waals surface area contributed by atoms with Gasteiger partial charge in [-0.15, -0.1) is 0 Å². The summed E-state index contributed by atoms with van der Waals surface area (Å²) in [6.45, 7) is 1.38. The number of nitrogens with zero attached hydrogens (tertiary/aromatic N) is 5. The number of rotatable bonds is 14. The number of aromatic nitrogens is 3. The SMILES string of the molecule is OCCCCN(CCO)c1nc(N(CCO)CCCCO)nc(C(Cl)(Cl)Cl)n1. The molecule has 0 spiro atoms. The van der Waals surface area contributed by atoms with E-state index in [-0.39, 0.29) is 57.2 Å². The number of aliphatic hydroxyl groups excluding tert-OH is 4. The smallest absolute Gasteiger partial charge is 0.250 e. The Kier molecular flexibility index (Phi) is 12.2. The van der Waals surface area contributed by atoms with Crippen molar-refractivity contribution in [2.24, 2.45) is 0 Å². The van der Waals surface area contributed by atoms with Crippen molar-refractivity contribution < 1.29 is 20.4 Å². The minimum absolute atomic E-state index is 0.0595. The van der Waals surface area contributed by atoms with Gasteiger partial charge in [0, 0.05) is 39.4 Å². The molecule has 0 atom stereocenters. The van der Waals surface area contributed by atoms with Crippen molar-refractivity contribution in [3.05, 3.63) is 5.82 Å². The molecule has 28 heavy (non-hydrogen) atoms. The first kappa shape index (κ1) is 25.4. The minimum Gasteiger partial charge on any atom is -0.396 e. The molecule has 9 nitrogen and oxygen atoms in total. The monoisotopic (exact) mass is 459 g/mol. The molecule has 0 aliphatic heterocycles. The van der Waals surface area contributed by atoms with Gasteiger partial charge in [-0.25, -0.2) is 0 Å². The molecule has 0 unspecified atom stereocenters. The molecular weight excluding hydrogens is 433 g/mol. The number of halogens is 3. The van der Waals surface area contributed by atoms with Crippen LogP contribution in [0.5, 0.6) is 0 Å². The average molecular weight is 461 g/mol. The molecule has 162 valence electrons. The van der Waals surface area contributed by atoms with Crippen molar-refractivity contribution in [2.45, 2.75) is 29.5 Å². The highest BCUT2D eigenvalue weighted by atomic mass is 35.6. The summed E-state index contributed by atoms with van der Waals surface area (Å²) >= 11 is 18.0. The number of hydrogen-bond donors (Lipinski definition) is 4. The van der Waals surface area contributed by atoms with E-state index in [1.165, 1.54) is 0 Å². The van der Waals surface area contributed by atoms with Gasteiger partial charge in [0.05, 0.1) is 13.2 Å². The first-order chi connectivity index (χ1) is 13.4. The van der Waals surface area contributed by atoms with Crippen LogP contribution >= 0.6 is 34.8 Å². The first-order valence-corrected chi connectivity index (χ1v) is 10.3. The Bertz CT molecular complexity index is 527. The van der Waals surface area contributed by atoms with Crippen LogP contribution in [0.1, 0.15) is 31.5 Å². The van der Waals surface area contributed by atoms with Crippen LogP contribution in [0.25, 0.3) is 0 Å². The summed E-state index contributed by atoms with van der Waals surface area (Å²) in [5.74, 6) is 0.416. The van der Waals surface area contributed by atoms with Crippen LogP contribution in [0, 0.1) is 0 Å². The van der Waals surface area contributed by atoms with Gasteiger partial charge < -0.3 is 30.2 Å². The van der Waals surface area contributed by atoms with E-state index in [0.717, 1.165) is 0 Å². The third-order valence-electron chi connectivity index (χ3n) is 3.84. The lowest BCUT2D eigenvalue weighted by molar-refractivity contribution is 0.281. The second kappa shape index (κ2) is 13.5. The lowest BCUT2D eigenvalue weighted by atomic mass is 10.3. The number of alkyl halides is 3. The van der Waals surface area contributed by atoms with Crippen molar-refractivity contribution in [1.82, 2.24) is 15.0 Å². The average Bonchev–Trinajstić information content (AvgIpc) is 2.66. The maximum absolute atomic E-state index is 9.38. The number of anilines is 2. The lowest BCUT2D eigenvalue weighted by Crippen LogP contribution is -2.34. The Labute approximate surface area is 179 Å². The molecule has 0 amide bonds. The van der Waals surface area contributed by atoms with E-state index in [4.69, 9.17) is 45.0 Å². The van der Waals surface area contributed by atoms with Crippen LogP contribution in [-0.4, -0.2) is 88.0 Å². The fourth-order valence-corrected chi connectivity index (χ4v) is 2.71. The van der Waals surface area contributed by atoms with Crippen LogP contribution in [0.2, 0.25) is 0 Å². The maximum atomic E-state index is 9.38. The van der Waals surface area contributed by atoms with Crippen LogP contribution in [-0.2, 0) is 3.79 Å². The molecule has 0 radical (unpaired) electrons. The van der Waals surface area contributed by atoms with E-state index in [1.807, 2.05) is 0 Å². The molecule has 1 aromatic rings. The van der Waals surface area contributed by atoms with E-state index < -0.39 is 3.79 Å². The quantitative estimate of drug-likeness (QED) is 0.236. The Morgan fingerprint density at radius 1 is 0.607 bits per heavy atom. The van der Waals surface area contributed by atoms with Crippen molar-refractivity contribution in [2.75, 3.05) is 62.4 Å². The zero-order valence-corrected chi connectivity index (χ0v) is 17.9. The van der Waals surface area contributed by atoms with Crippen LogP contribution < -0.4 is 9.80 Å². The molecule has 0 saturated heterocycles. The minimum atomic E-state index is -1.88. The molecule has 1 rings (SSSR count). The van der Waals surface area contributed by atoms with Crippen molar-refractivity contribution in [1.29, 1.82) is 0 Å². The van der Waals surface area contributed by atoms with Gasteiger partial charge >= 0.3 is 0 Å². The van der Waals surface area contributed by atoms with Crippen molar-refractivity contribution in [3.8, 4) is 0 Å². The molecule has 0 aromatic carbocycles. The largest absolute Gasteiger partial charge is 0.396 e. The fraction of sp³-hybridized carbons (Fsp3) is 0.812. The van der Waals surface area contributed by atoms with Gasteiger partial charge in [-0.2, -0.15) is 15.0 Å². The molecule has 4 N–H and O–H groups in total. The normalized spacial score (nSPS) is 11.7. The molecule has 0 aliphatic rings.